The van der Waals surface area contributed by atoms with E-state index in [9.17, 15) is 4.79 Å². The largest absolute Gasteiger partial charge is 0.388 e. The van der Waals surface area contributed by atoms with E-state index in [-0.39, 0.29) is 5.92 Å². The van der Waals surface area contributed by atoms with Crippen LogP contribution in [-0.2, 0) is 10.2 Å². The van der Waals surface area contributed by atoms with Crippen LogP contribution in [-0.4, -0.2) is 13.0 Å². The Bertz CT molecular complexity index is 1350. The van der Waals surface area contributed by atoms with Gasteiger partial charge in [-0.2, -0.15) is 0 Å². The molecule has 0 saturated carbocycles. The van der Waals surface area contributed by atoms with E-state index in [4.69, 9.17) is 20.0 Å². The molecule has 3 aromatic carbocycles. The Morgan fingerprint density at radius 3 is 2.00 bits per heavy atom. The molecule has 0 aromatic heterocycles. The number of ether oxygens (including phenoxy) is 2. The van der Waals surface area contributed by atoms with Crippen LogP contribution in [0.25, 0.3) is 0 Å². The van der Waals surface area contributed by atoms with Crippen molar-refractivity contribution in [3.63, 3.8) is 0 Å². The van der Waals surface area contributed by atoms with Gasteiger partial charge in [-0.15, -0.1) is 10.5 Å². The molecule has 6 heteroatoms. The van der Waals surface area contributed by atoms with Gasteiger partial charge in [-0.1, -0.05) is 72.8 Å². The van der Waals surface area contributed by atoms with Crippen LogP contribution in [0.1, 0.15) is 33.7 Å². The van der Waals surface area contributed by atoms with Crippen LogP contribution in [0.4, 0.5) is 0 Å². The number of nitrogens with one attached hydrogen (secondary N) is 1. The second kappa shape index (κ2) is 10.6. The van der Waals surface area contributed by atoms with Gasteiger partial charge in [0.1, 0.15) is 11.5 Å². The Balaban J connectivity index is 2.02. The fourth-order valence-corrected chi connectivity index (χ4v) is 5.08. The quantitative estimate of drug-likeness (QED) is 0.351. The zero-order chi connectivity index (χ0) is 25.5. The summed E-state index contributed by atoms with van der Waals surface area (Å²) in [5.41, 5.74) is 5.13. The number of nitrogens with zero attached hydrogens (tertiary/aromatic N) is 2. The van der Waals surface area contributed by atoms with Crippen LogP contribution < -0.4 is 14.8 Å². The van der Waals surface area contributed by atoms with E-state index in [1.165, 1.54) is 0 Å². The summed E-state index contributed by atoms with van der Waals surface area (Å²) in [6.07, 6.45) is 10.5. The zero-order valence-electron chi connectivity index (χ0n) is 20.1. The van der Waals surface area contributed by atoms with Gasteiger partial charge in [-0.05, 0) is 59.4 Å². The van der Waals surface area contributed by atoms with Gasteiger partial charge in [-0.3, -0.25) is 4.79 Å². The third-order valence-corrected chi connectivity index (χ3v) is 6.63. The van der Waals surface area contributed by atoms with Gasteiger partial charge in [0.25, 0.3) is 12.5 Å². The molecule has 1 aliphatic carbocycles. The topological polar surface area (TPSA) is 95.1 Å². The number of amides is 1. The maximum Gasteiger partial charge on any atom is 0.292 e. The summed E-state index contributed by atoms with van der Waals surface area (Å²) in [5.74, 6) is 0.847. The molecule has 0 spiro atoms. The van der Waals surface area contributed by atoms with Crippen molar-refractivity contribution in [3.05, 3.63) is 118 Å². The standard InChI is InChI=1S/C30H25N3O3/c1-21-15-25(10-12-27(21)35-18-31)30(26-11-13-28(36-19-32)22(2)16-26)14-6-9-24(17-33-20-34)29(30)23-7-4-3-5-8-23/h3-16,20,29H,17H2,1-2H3,(H,33,34). The number of carbonyl (C=O) groups excluding carboxylic acids is 1. The van der Waals surface area contributed by atoms with E-state index in [0.717, 1.165) is 33.4 Å². The molecular weight excluding hydrogens is 450 g/mol. The van der Waals surface area contributed by atoms with E-state index >= 15 is 0 Å². The monoisotopic (exact) mass is 475 g/mol. The molecule has 4 rings (SSSR count). The molecule has 0 bridgehead atoms. The normalized spacial score (nSPS) is 15.7. The summed E-state index contributed by atoms with van der Waals surface area (Å²) >= 11 is 0. The Morgan fingerprint density at radius 1 is 0.917 bits per heavy atom. The van der Waals surface area contributed by atoms with Gasteiger partial charge in [0.2, 0.25) is 6.41 Å². The van der Waals surface area contributed by atoms with Crippen LogP contribution in [0.3, 0.4) is 0 Å². The Kier molecular flexibility index (Phi) is 7.18. The minimum Gasteiger partial charge on any atom is -0.388 e. The van der Waals surface area contributed by atoms with Gasteiger partial charge in [0, 0.05) is 17.9 Å². The van der Waals surface area contributed by atoms with Crippen molar-refractivity contribution in [2.45, 2.75) is 25.2 Å². The van der Waals surface area contributed by atoms with Crippen LogP contribution >= 0.6 is 0 Å². The van der Waals surface area contributed by atoms with Crippen molar-refractivity contribution in [3.8, 4) is 24.0 Å². The van der Waals surface area contributed by atoms with Crippen LogP contribution in [0.2, 0.25) is 0 Å². The van der Waals surface area contributed by atoms with Crippen molar-refractivity contribution < 1.29 is 14.3 Å². The smallest absolute Gasteiger partial charge is 0.292 e. The van der Waals surface area contributed by atoms with E-state index in [0.29, 0.717) is 24.5 Å². The van der Waals surface area contributed by atoms with Gasteiger partial charge in [0.15, 0.2) is 0 Å². The van der Waals surface area contributed by atoms with Crippen molar-refractivity contribution >= 4 is 6.41 Å². The number of carbonyl (C=O) groups is 1. The Morgan fingerprint density at radius 2 is 1.50 bits per heavy atom. The molecule has 1 N–H and O–H groups in total. The average molecular weight is 476 g/mol. The zero-order valence-corrected chi connectivity index (χ0v) is 20.1. The molecule has 1 atom stereocenters. The highest BCUT2D eigenvalue weighted by Gasteiger charge is 2.44. The second-order valence-electron chi connectivity index (χ2n) is 8.66. The molecule has 36 heavy (non-hydrogen) atoms. The molecule has 0 saturated heterocycles. The summed E-state index contributed by atoms with van der Waals surface area (Å²) in [6.45, 7) is 4.21. The maximum absolute atomic E-state index is 11.2. The SMILES string of the molecule is Cc1cc(C2(c3ccc(OC#N)c(C)c3)C=CC=C(CNC=O)C2c2ccccc2)ccc1OC#N. The fraction of sp³-hybridized carbons (Fsp3) is 0.167. The molecule has 178 valence electrons. The number of nitriles is 2. The Hall–Kier alpha value is -4.81. The minimum atomic E-state index is -0.665. The number of hydrogen-bond donors (Lipinski definition) is 1. The first-order valence-electron chi connectivity index (χ1n) is 11.5. The van der Waals surface area contributed by atoms with E-state index in [1.54, 1.807) is 12.5 Å². The van der Waals surface area contributed by atoms with Crippen molar-refractivity contribution in [1.82, 2.24) is 5.32 Å². The van der Waals surface area contributed by atoms with Gasteiger partial charge >= 0.3 is 0 Å². The lowest BCUT2D eigenvalue weighted by Crippen LogP contribution is -2.38. The van der Waals surface area contributed by atoms with Crippen molar-refractivity contribution in [1.29, 1.82) is 10.5 Å². The van der Waals surface area contributed by atoms with E-state index in [1.807, 2.05) is 80.6 Å². The molecule has 0 fully saturated rings. The lowest BCUT2D eigenvalue weighted by atomic mass is 9.59. The van der Waals surface area contributed by atoms with E-state index < -0.39 is 5.41 Å². The van der Waals surface area contributed by atoms with Crippen molar-refractivity contribution in [2.75, 3.05) is 6.54 Å². The van der Waals surface area contributed by atoms with Gasteiger partial charge in [-0.25, -0.2) is 0 Å². The molecule has 1 unspecified atom stereocenters. The van der Waals surface area contributed by atoms with E-state index in [2.05, 4.69) is 23.5 Å². The van der Waals surface area contributed by atoms with Gasteiger partial charge in [0.05, 0.1) is 0 Å². The first kappa shape index (κ1) is 24.3. The number of aryl methyl sites for hydroxylation is 2. The molecule has 3 aromatic rings. The number of hydrogen-bond acceptors (Lipinski definition) is 5. The highest BCUT2D eigenvalue weighted by Crippen LogP contribution is 2.52. The molecule has 6 nitrogen and oxygen atoms in total. The lowest BCUT2D eigenvalue weighted by Gasteiger charge is -2.43. The van der Waals surface area contributed by atoms with Crippen molar-refractivity contribution in [2.24, 2.45) is 0 Å². The molecule has 1 amide bonds. The van der Waals surface area contributed by atoms with Gasteiger partial charge < -0.3 is 14.8 Å². The van der Waals surface area contributed by atoms with Crippen LogP contribution in [0, 0.1) is 36.9 Å². The predicted molar refractivity (Wildman–Crippen MR) is 136 cm³/mol. The molecule has 1 aliphatic rings. The maximum atomic E-state index is 11.2. The molecule has 0 aliphatic heterocycles. The minimum absolute atomic E-state index is 0.152. The number of allylic oxidation sites excluding steroid dienone is 3. The van der Waals surface area contributed by atoms with Crippen LogP contribution in [0.5, 0.6) is 11.5 Å². The first-order valence-corrected chi connectivity index (χ1v) is 11.5. The second-order valence-corrected chi connectivity index (χ2v) is 8.66. The Labute approximate surface area is 210 Å². The number of rotatable bonds is 8. The molecule has 0 radical (unpaired) electrons. The first-order chi connectivity index (χ1) is 17.5. The molecular formula is C30H25N3O3. The molecule has 0 heterocycles. The average Bonchev–Trinajstić information content (AvgIpc) is 2.90. The summed E-state index contributed by atoms with van der Waals surface area (Å²) in [6, 6.07) is 21.8. The summed E-state index contributed by atoms with van der Waals surface area (Å²) in [7, 11) is 0. The highest BCUT2D eigenvalue weighted by molar-refractivity contribution is 5.60. The third-order valence-electron chi connectivity index (χ3n) is 6.63. The summed E-state index contributed by atoms with van der Waals surface area (Å²) in [4.78, 5) is 11.2. The lowest BCUT2D eigenvalue weighted by molar-refractivity contribution is -0.109. The fourth-order valence-electron chi connectivity index (χ4n) is 5.08. The highest BCUT2D eigenvalue weighted by atomic mass is 16.5. The summed E-state index contributed by atoms with van der Waals surface area (Å²) < 4.78 is 10.3. The third kappa shape index (κ3) is 4.45. The predicted octanol–water partition coefficient (Wildman–Crippen LogP) is 5.34. The van der Waals surface area contributed by atoms with Crippen LogP contribution in [0.15, 0.2) is 90.5 Å². The number of benzene rings is 3. The summed E-state index contributed by atoms with van der Waals surface area (Å²) in [5, 5.41) is 20.9.